The summed E-state index contributed by atoms with van der Waals surface area (Å²) in [6.45, 7) is 1.79. The standard InChI is InChI=1S/C9H13N3OS/c1-6(9(13)12-11)14-8-4-2-7(10)3-5-8/h2-6H,10-11H2,1H3,(H,12,13). The summed E-state index contributed by atoms with van der Waals surface area (Å²) in [6, 6.07) is 7.35. The van der Waals surface area contributed by atoms with Gasteiger partial charge in [0.05, 0.1) is 5.25 Å². The molecule has 0 aromatic heterocycles. The Labute approximate surface area is 87.0 Å². The number of hydrazine groups is 1. The first-order chi connectivity index (χ1) is 6.63. The van der Waals surface area contributed by atoms with Crippen LogP contribution in [-0.2, 0) is 4.79 Å². The molecule has 0 aliphatic heterocycles. The molecule has 1 amide bonds. The van der Waals surface area contributed by atoms with E-state index in [0.717, 1.165) is 4.90 Å². The number of carbonyl (C=O) groups excluding carboxylic acids is 1. The summed E-state index contributed by atoms with van der Waals surface area (Å²) in [5.41, 5.74) is 8.36. The highest BCUT2D eigenvalue weighted by atomic mass is 32.2. The number of anilines is 1. The number of thioether (sulfide) groups is 1. The van der Waals surface area contributed by atoms with Crippen molar-refractivity contribution >= 4 is 23.4 Å². The quantitative estimate of drug-likeness (QED) is 0.226. The molecule has 1 atom stereocenters. The number of rotatable bonds is 3. The van der Waals surface area contributed by atoms with E-state index in [-0.39, 0.29) is 11.2 Å². The zero-order chi connectivity index (χ0) is 10.6. The van der Waals surface area contributed by atoms with Crippen LogP contribution in [0.3, 0.4) is 0 Å². The van der Waals surface area contributed by atoms with Crippen LogP contribution in [-0.4, -0.2) is 11.2 Å². The lowest BCUT2D eigenvalue weighted by molar-refractivity contribution is -0.120. The van der Waals surface area contributed by atoms with Crippen molar-refractivity contribution in [1.29, 1.82) is 0 Å². The third-order valence-electron chi connectivity index (χ3n) is 1.70. The number of carbonyl (C=O) groups is 1. The lowest BCUT2D eigenvalue weighted by Gasteiger charge is -2.08. The number of hydrogen-bond donors (Lipinski definition) is 3. The first-order valence-electron chi connectivity index (χ1n) is 4.16. The SMILES string of the molecule is CC(Sc1ccc(N)cc1)C(=O)NN. The molecular weight excluding hydrogens is 198 g/mol. The molecule has 0 bridgehead atoms. The van der Waals surface area contributed by atoms with Crippen molar-refractivity contribution in [2.24, 2.45) is 5.84 Å². The van der Waals surface area contributed by atoms with E-state index in [4.69, 9.17) is 11.6 Å². The summed E-state index contributed by atoms with van der Waals surface area (Å²) in [6.07, 6.45) is 0. The number of nitrogen functional groups attached to an aromatic ring is 1. The Kier molecular flexibility index (Phi) is 3.79. The van der Waals surface area contributed by atoms with Crippen LogP contribution < -0.4 is 17.0 Å². The van der Waals surface area contributed by atoms with Gasteiger partial charge in [0, 0.05) is 10.6 Å². The minimum Gasteiger partial charge on any atom is -0.399 e. The highest BCUT2D eigenvalue weighted by molar-refractivity contribution is 8.00. The molecule has 1 unspecified atom stereocenters. The van der Waals surface area contributed by atoms with Gasteiger partial charge < -0.3 is 5.73 Å². The van der Waals surface area contributed by atoms with Gasteiger partial charge in [0.25, 0.3) is 0 Å². The van der Waals surface area contributed by atoms with Gasteiger partial charge in [-0.1, -0.05) is 0 Å². The molecule has 1 aromatic carbocycles. The Hall–Kier alpha value is -1.20. The van der Waals surface area contributed by atoms with Gasteiger partial charge in [0.1, 0.15) is 0 Å². The zero-order valence-electron chi connectivity index (χ0n) is 7.86. The lowest BCUT2D eigenvalue weighted by Crippen LogP contribution is -2.36. The molecular formula is C9H13N3OS. The molecule has 0 heterocycles. The van der Waals surface area contributed by atoms with E-state index >= 15 is 0 Å². The fourth-order valence-electron chi connectivity index (χ4n) is 0.921. The summed E-state index contributed by atoms with van der Waals surface area (Å²) in [5.74, 6) is 4.83. The van der Waals surface area contributed by atoms with Crippen LogP contribution in [0.4, 0.5) is 5.69 Å². The maximum Gasteiger partial charge on any atom is 0.247 e. The molecule has 0 aliphatic rings. The minimum atomic E-state index is -0.205. The van der Waals surface area contributed by atoms with E-state index in [2.05, 4.69) is 5.43 Å². The zero-order valence-corrected chi connectivity index (χ0v) is 8.67. The molecule has 5 heteroatoms. The van der Waals surface area contributed by atoms with Gasteiger partial charge in [-0.15, -0.1) is 11.8 Å². The Morgan fingerprint density at radius 3 is 2.50 bits per heavy atom. The molecule has 76 valence electrons. The van der Waals surface area contributed by atoms with Crippen LogP contribution in [0.5, 0.6) is 0 Å². The van der Waals surface area contributed by atoms with Gasteiger partial charge in [-0.3, -0.25) is 10.2 Å². The van der Waals surface area contributed by atoms with Gasteiger partial charge in [-0.05, 0) is 31.2 Å². The Bertz CT molecular complexity index is 312. The molecule has 1 aromatic rings. The van der Waals surface area contributed by atoms with Gasteiger partial charge in [0.15, 0.2) is 0 Å². The summed E-state index contributed by atoms with van der Waals surface area (Å²) >= 11 is 1.44. The fourth-order valence-corrected chi connectivity index (χ4v) is 1.80. The van der Waals surface area contributed by atoms with Crippen LogP contribution in [0.2, 0.25) is 0 Å². The fraction of sp³-hybridized carbons (Fsp3) is 0.222. The summed E-state index contributed by atoms with van der Waals surface area (Å²) in [5, 5.41) is -0.205. The minimum absolute atomic E-state index is 0.188. The molecule has 0 fully saturated rings. The predicted molar refractivity (Wildman–Crippen MR) is 58.5 cm³/mol. The Balaban J connectivity index is 2.60. The second-order valence-corrected chi connectivity index (χ2v) is 4.25. The topological polar surface area (TPSA) is 81.1 Å². The summed E-state index contributed by atoms with van der Waals surface area (Å²) in [4.78, 5) is 12.1. The third kappa shape index (κ3) is 2.93. The number of nitrogens with two attached hydrogens (primary N) is 2. The van der Waals surface area contributed by atoms with Gasteiger partial charge in [-0.2, -0.15) is 0 Å². The van der Waals surface area contributed by atoms with Crippen molar-refractivity contribution in [3.8, 4) is 0 Å². The smallest absolute Gasteiger partial charge is 0.247 e. The van der Waals surface area contributed by atoms with Crippen molar-refractivity contribution in [1.82, 2.24) is 5.43 Å². The van der Waals surface area contributed by atoms with Crippen molar-refractivity contribution in [2.75, 3.05) is 5.73 Å². The first kappa shape index (κ1) is 10.9. The van der Waals surface area contributed by atoms with Crippen LogP contribution in [0.15, 0.2) is 29.2 Å². The van der Waals surface area contributed by atoms with Crippen LogP contribution in [0, 0.1) is 0 Å². The molecule has 0 radical (unpaired) electrons. The highest BCUT2D eigenvalue weighted by Gasteiger charge is 2.12. The molecule has 0 aliphatic carbocycles. The van der Waals surface area contributed by atoms with Gasteiger partial charge >= 0.3 is 0 Å². The summed E-state index contributed by atoms with van der Waals surface area (Å²) in [7, 11) is 0. The van der Waals surface area contributed by atoms with Crippen molar-refractivity contribution in [2.45, 2.75) is 17.1 Å². The first-order valence-corrected chi connectivity index (χ1v) is 5.04. The molecule has 14 heavy (non-hydrogen) atoms. The van der Waals surface area contributed by atoms with Gasteiger partial charge in [-0.25, -0.2) is 5.84 Å². The molecule has 5 N–H and O–H groups in total. The van der Waals surface area contributed by atoms with E-state index in [1.54, 1.807) is 19.1 Å². The maximum atomic E-state index is 11.1. The normalized spacial score (nSPS) is 12.1. The molecule has 1 rings (SSSR count). The monoisotopic (exact) mass is 211 g/mol. The van der Waals surface area contributed by atoms with Crippen LogP contribution in [0.1, 0.15) is 6.92 Å². The van der Waals surface area contributed by atoms with Gasteiger partial charge in [0.2, 0.25) is 5.91 Å². The Morgan fingerprint density at radius 2 is 2.00 bits per heavy atom. The van der Waals surface area contributed by atoms with E-state index in [1.165, 1.54) is 11.8 Å². The largest absolute Gasteiger partial charge is 0.399 e. The number of benzene rings is 1. The van der Waals surface area contributed by atoms with E-state index in [1.807, 2.05) is 12.1 Å². The number of hydrogen-bond acceptors (Lipinski definition) is 4. The average Bonchev–Trinajstić information content (AvgIpc) is 2.20. The highest BCUT2D eigenvalue weighted by Crippen LogP contribution is 2.23. The molecule has 0 saturated carbocycles. The summed E-state index contributed by atoms with van der Waals surface area (Å²) < 4.78 is 0. The second kappa shape index (κ2) is 4.88. The van der Waals surface area contributed by atoms with Crippen LogP contribution >= 0.6 is 11.8 Å². The maximum absolute atomic E-state index is 11.1. The molecule has 0 spiro atoms. The van der Waals surface area contributed by atoms with E-state index in [9.17, 15) is 4.79 Å². The molecule has 0 saturated heterocycles. The second-order valence-electron chi connectivity index (χ2n) is 2.84. The Morgan fingerprint density at radius 1 is 1.43 bits per heavy atom. The van der Waals surface area contributed by atoms with Crippen LogP contribution in [0.25, 0.3) is 0 Å². The van der Waals surface area contributed by atoms with Crippen molar-refractivity contribution < 1.29 is 4.79 Å². The number of amides is 1. The van der Waals surface area contributed by atoms with E-state index < -0.39 is 0 Å². The predicted octanol–water partition coefficient (Wildman–Crippen LogP) is 0.739. The third-order valence-corrected chi connectivity index (χ3v) is 2.82. The van der Waals surface area contributed by atoms with Crippen molar-refractivity contribution in [3.63, 3.8) is 0 Å². The van der Waals surface area contributed by atoms with Crippen molar-refractivity contribution in [3.05, 3.63) is 24.3 Å². The number of nitrogens with one attached hydrogen (secondary N) is 1. The lowest BCUT2D eigenvalue weighted by atomic mass is 10.3. The molecule has 4 nitrogen and oxygen atoms in total. The average molecular weight is 211 g/mol. The van der Waals surface area contributed by atoms with E-state index in [0.29, 0.717) is 5.69 Å².